The second-order valence-electron chi connectivity index (χ2n) is 8.46. The average molecular weight is 371 g/mol. The molecular formula is C23H25N5. The molecule has 1 aliphatic rings. The Morgan fingerprint density at radius 1 is 1.04 bits per heavy atom. The van der Waals surface area contributed by atoms with Crippen molar-refractivity contribution in [2.24, 2.45) is 5.41 Å². The summed E-state index contributed by atoms with van der Waals surface area (Å²) in [6, 6.07) is 6.39. The van der Waals surface area contributed by atoms with Crippen LogP contribution in [0, 0.1) is 12.3 Å². The fourth-order valence-corrected chi connectivity index (χ4v) is 4.44. The molecule has 0 radical (unpaired) electrons. The zero-order valence-electron chi connectivity index (χ0n) is 16.5. The maximum Gasteiger partial charge on any atom is 0.137 e. The van der Waals surface area contributed by atoms with Crippen molar-refractivity contribution >= 4 is 5.65 Å². The normalized spacial score (nSPS) is 16.1. The van der Waals surface area contributed by atoms with Crippen molar-refractivity contribution < 1.29 is 0 Å². The number of aryl methyl sites for hydroxylation is 1. The SMILES string of the molecule is Cc1cnc(-c2ccn3ccnc3c2)c(-c2cnn(CC3(C)CCCC3)c2)c1. The first-order chi connectivity index (χ1) is 13.6. The van der Waals surface area contributed by atoms with Gasteiger partial charge in [0.25, 0.3) is 0 Å². The maximum atomic E-state index is 4.77. The van der Waals surface area contributed by atoms with Crippen LogP contribution in [-0.4, -0.2) is 24.1 Å². The van der Waals surface area contributed by atoms with Gasteiger partial charge in [-0.1, -0.05) is 19.8 Å². The highest BCUT2D eigenvalue weighted by Crippen LogP contribution is 2.39. The van der Waals surface area contributed by atoms with Crippen molar-refractivity contribution in [3.8, 4) is 22.4 Å². The summed E-state index contributed by atoms with van der Waals surface area (Å²) in [7, 11) is 0. The molecule has 4 aromatic rings. The lowest BCUT2D eigenvalue weighted by Crippen LogP contribution is -2.19. The minimum absolute atomic E-state index is 0.378. The van der Waals surface area contributed by atoms with Crippen LogP contribution in [0.5, 0.6) is 0 Å². The molecule has 0 atom stereocenters. The van der Waals surface area contributed by atoms with Crippen molar-refractivity contribution in [2.45, 2.75) is 46.1 Å². The minimum Gasteiger partial charge on any atom is -0.307 e. The summed E-state index contributed by atoms with van der Waals surface area (Å²) >= 11 is 0. The van der Waals surface area contributed by atoms with Gasteiger partial charge >= 0.3 is 0 Å². The van der Waals surface area contributed by atoms with Crippen LogP contribution in [0.15, 0.2) is 55.4 Å². The summed E-state index contributed by atoms with van der Waals surface area (Å²) in [5.74, 6) is 0. The molecule has 142 valence electrons. The van der Waals surface area contributed by atoms with Crippen LogP contribution >= 0.6 is 0 Å². The van der Waals surface area contributed by atoms with E-state index in [1.54, 1.807) is 0 Å². The Morgan fingerprint density at radius 3 is 2.75 bits per heavy atom. The van der Waals surface area contributed by atoms with Crippen molar-refractivity contribution in [1.29, 1.82) is 0 Å². The summed E-state index contributed by atoms with van der Waals surface area (Å²) in [6.07, 6.45) is 17.2. The van der Waals surface area contributed by atoms with Gasteiger partial charge in [-0.25, -0.2) is 4.98 Å². The van der Waals surface area contributed by atoms with Crippen LogP contribution in [0.1, 0.15) is 38.2 Å². The number of nitrogens with zero attached hydrogens (tertiary/aromatic N) is 5. The lowest BCUT2D eigenvalue weighted by Gasteiger charge is -2.22. The first-order valence-corrected chi connectivity index (χ1v) is 10.0. The summed E-state index contributed by atoms with van der Waals surface area (Å²) < 4.78 is 4.13. The Hall–Kier alpha value is -2.95. The van der Waals surface area contributed by atoms with Gasteiger partial charge in [-0.3, -0.25) is 9.67 Å². The van der Waals surface area contributed by atoms with Crippen molar-refractivity contribution in [3.05, 3.63) is 60.9 Å². The summed E-state index contributed by atoms with van der Waals surface area (Å²) in [5, 5.41) is 4.68. The Morgan fingerprint density at radius 2 is 1.89 bits per heavy atom. The van der Waals surface area contributed by atoms with Gasteiger partial charge in [0.2, 0.25) is 0 Å². The summed E-state index contributed by atoms with van der Waals surface area (Å²) in [4.78, 5) is 9.18. The third-order valence-corrected chi connectivity index (χ3v) is 5.99. The van der Waals surface area contributed by atoms with Crippen LogP contribution in [0.2, 0.25) is 0 Å². The van der Waals surface area contributed by atoms with Gasteiger partial charge in [-0.05, 0) is 48.9 Å². The molecule has 0 N–H and O–H groups in total. The van der Waals surface area contributed by atoms with Crippen LogP contribution in [0.4, 0.5) is 0 Å². The van der Waals surface area contributed by atoms with E-state index < -0.39 is 0 Å². The first kappa shape index (κ1) is 17.2. The van der Waals surface area contributed by atoms with Crippen LogP contribution < -0.4 is 0 Å². The molecule has 0 aromatic carbocycles. The van der Waals surface area contributed by atoms with Crippen molar-refractivity contribution in [3.63, 3.8) is 0 Å². The highest BCUT2D eigenvalue weighted by molar-refractivity contribution is 5.81. The predicted octanol–water partition coefficient (Wildman–Crippen LogP) is 5.15. The highest BCUT2D eigenvalue weighted by atomic mass is 15.3. The van der Waals surface area contributed by atoms with Gasteiger partial charge in [0.1, 0.15) is 5.65 Å². The minimum atomic E-state index is 0.378. The fourth-order valence-electron chi connectivity index (χ4n) is 4.44. The molecule has 0 bridgehead atoms. The topological polar surface area (TPSA) is 48.0 Å². The lowest BCUT2D eigenvalue weighted by atomic mass is 9.89. The van der Waals surface area contributed by atoms with E-state index in [0.717, 1.165) is 40.1 Å². The van der Waals surface area contributed by atoms with E-state index in [-0.39, 0.29) is 0 Å². The van der Waals surface area contributed by atoms with E-state index in [9.17, 15) is 0 Å². The Bertz CT molecular complexity index is 1130. The molecule has 4 aromatic heterocycles. The standard InChI is InChI=1S/C23H25N5/c1-17-11-20(19-14-26-28(15-19)16-23(2)6-3-4-7-23)22(25-13-17)18-5-9-27-10-8-24-21(27)12-18/h5,8-15H,3-4,6-7,16H2,1-2H3. The van der Waals surface area contributed by atoms with Gasteiger partial charge in [0, 0.05) is 54.2 Å². The number of fused-ring (bicyclic) bond motifs is 1. The molecule has 0 saturated heterocycles. The third-order valence-electron chi connectivity index (χ3n) is 5.99. The second-order valence-corrected chi connectivity index (χ2v) is 8.46. The molecule has 1 saturated carbocycles. The van der Waals surface area contributed by atoms with E-state index in [2.05, 4.69) is 53.0 Å². The first-order valence-electron chi connectivity index (χ1n) is 10.0. The number of imidazole rings is 1. The number of aromatic nitrogens is 5. The number of hydrogen-bond acceptors (Lipinski definition) is 3. The smallest absolute Gasteiger partial charge is 0.137 e. The molecule has 5 nitrogen and oxygen atoms in total. The fraction of sp³-hybridized carbons (Fsp3) is 0.348. The predicted molar refractivity (Wildman–Crippen MR) is 111 cm³/mol. The van der Waals surface area contributed by atoms with E-state index >= 15 is 0 Å². The quantitative estimate of drug-likeness (QED) is 0.498. The van der Waals surface area contributed by atoms with Gasteiger partial charge in [-0.15, -0.1) is 0 Å². The molecule has 0 amide bonds. The number of pyridine rings is 2. The molecule has 1 aliphatic carbocycles. The zero-order valence-corrected chi connectivity index (χ0v) is 16.5. The highest BCUT2D eigenvalue weighted by Gasteiger charge is 2.29. The molecule has 5 heteroatoms. The molecular weight excluding hydrogens is 346 g/mol. The average Bonchev–Trinajstić information content (AvgIpc) is 3.42. The zero-order chi connectivity index (χ0) is 19.1. The van der Waals surface area contributed by atoms with Gasteiger partial charge in [0.15, 0.2) is 0 Å². The summed E-state index contributed by atoms with van der Waals surface area (Å²) in [6.45, 7) is 5.46. The summed E-state index contributed by atoms with van der Waals surface area (Å²) in [5.41, 5.74) is 6.75. The van der Waals surface area contributed by atoms with Crippen LogP contribution in [0.25, 0.3) is 28.0 Å². The molecule has 0 unspecified atom stereocenters. The van der Waals surface area contributed by atoms with E-state index in [4.69, 9.17) is 4.98 Å². The molecule has 4 heterocycles. The van der Waals surface area contributed by atoms with Crippen molar-refractivity contribution in [2.75, 3.05) is 0 Å². The molecule has 0 spiro atoms. The van der Waals surface area contributed by atoms with E-state index in [0.29, 0.717) is 5.41 Å². The molecule has 1 fully saturated rings. The van der Waals surface area contributed by atoms with Crippen molar-refractivity contribution in [1.82, 2.24) is 24.1 Å². The van der Waals surface area contributed by atoms with Crippen LogP contribution in [-0.2, 0) is 6.54 Å². The second kappa shape index (κ2) is 6.59. The van der Waals surface area contributed by atoms with Gasteiger partial charge in [-0.2, -0.15) is 5.10 Å². The number of rotatable bonds is 4. The van der Waals surface area contributed by atoms with Crippen LogP contribution in [0.3, 0.4) is 0 Å². The Labute approximate surface area is 165 Å². The molecule has 0 aliphatic heterocycles. The van der Waals surface area contributed by atoms with Gasteiger partial charge < -0.3 is 4.40 Å². The third kappa shape index (κ3) is 3.11. The monoisotopic (exact) mass is 371 g/mol. The number of hydrogen-bond donors (Lipinski definition) is 0. The molecule has 28 heavy (non-hydrogen) atoms. The van der Waals surface area contributed by atoms with E-state index in [1.807, 2.05) is 35.4 Å². The maximum absolute atomic E-state index is 4.77. The van der Waals surface area contributed by atoms with E-state index in [1.165, 1.54) is 25.7 Å². The molecule has 5 rings (SSSR count). The largest absolute Gasteiger partial charge is 0.307 e. The Balaban J connectivity index is 1.54. The lowest BCUT2D eigenvalue weighted by molar-refractivity contribution is 0.268. The Kier molecular flexibility index (Phi) is 4.04. The van der Waals surface area contributed by atoms with Gasteiger partial charge in [0.05, 0.1) is 11.9 Å².